The van der Waals surface area contributed by atoms with Crippen molar-refractivity contribution in [2.75, 3.05) is 5.73 Å². The zero-order chi connectivity index (χ0) is 20.8. The van der Waals surface area contributed by atoms with Gasteiger partial charge in [-0.05, 0) is 25.0 Å². The number of nitrogens with two attached hydrogens (primary N) is 2. The van der Waals surface area contributed by atoms with E-state index in [-0.39, 0.29) is 23.5 Å². The van der Waals surface area contributed by atoms with E-state index >= 15 is 0 Å². The van der Waals surface area contributed by atoms with Crippen molar-refractivity contribution in [1.29, 1.82) is 0 Å². The first-order valence-corrected chi connectivity index (χ1v) is 9.83. The number of rotatable bonds is 4. The maximum atomic E-state index is 12.1. The van der Waals surface area contributed by atoms with Crippen LogP contribution < -0.4 is 11.5 Å². The Morgan fingerprint density at radius 3 is 2.47 bits per heavy atom. The number of aliphatic hydroxyl groups is 1. The zero-order valence-corrected chi connectivity index (χ0v) is 16.2. The number of aromatic nitrogens is 3. The minimum absolute atomic E-state index is 0.0323. The van der Waals surface area contributed by atoms with Crippen molar-refractivity contribution in [1.82, 2.24) is 14.8 Å². The number of carbonyl (C=O) groups excluding carboxylic acids is 1. The maximum Gasteiger partial charge on any atom is 0.254 e. The Morgan fingerprint density at radius 1 is 1.03 bits per heavy atom. The minimum Gasteiger partial charge on any atom is -0.393 e. The normalized spacial score (nSPS) is 18.3. The summed E-state index contributed by atoms with van der Waals surface area (Å²) in [5.74, 6) is -0.389. The van der Waals surface area contributed by atoms with Crippen LogP contribution in [0.2, 0.25) is 0 Å². The van der Waals surface area contributed by atoms with E-state index in [0.717, 1.165) is 27.7 Å². The van der Waals surface area contributed by atoms with Gasteiger partial charge in [-0.1, -0.05) is 48.5 Å². The van der Waals surface area contributed by atoms with Crippen LogP contribution in [0.1, 0.15) is 29.2 Å². The molecule has 7 heteroatoms. The third kappa shape index (κ3) is 3.00. The molecule has 0 atom stereocenters. The number of pyridine rings is 1. The van der Waals surface area contributed by atoms with Crippen LogP contribution in [0.5, 0.6) is 0 Å². The molecule has 2 heterocycles. The highest BCUT2D eigenvalue weighted by Crippen LogP contribution is 2.37. The lowest BCUT2D eigenvalue weighted by Crippen LogP contribution is -2.32. The van der Waals surface area contributed by atoms with Gasteiger partial charge in [-0.25, -0.2) is 9.67 Å². The minimum atomic E-state index is -0.625. The molecule has 0 aliphatic heterocycles. The molecular weight excluding hydrogens is 378 g/mol. The average Bonchev–Trinajstić information content (AvgIpc) is 3.08. The van der Waals surface area contributed by atoms with Gasteiger partial charge in [0.2, 0.25) is 0 Å². The Morgan fingerprint density at radius 2 is 1.77 bits per heavy atom. The molecule has 7 nitrogen and oxygen atoms in total. The summed E-state index contributed by atoms with van der Waals surface area (Å²) in [7, 11) is 0. The first-order valence-electron chi connectivity index (χ1n) is 9.83. The van der Waals surface area contributed by atoms with Gasteiger partial charge in [0.25, 0.3) is 5.91 Å². The fourth-order valence-electron chi connectivity index (χ4n) is 3.96. The third-order valence-electron chi connectivity index (χ3n) is 5.66. The van der Waals surface area contributed by atoms with E-state index < -0.39 is 5.91 Å². The molecule has 2 aromatic heterocycles. The van der Waals surface area contributed by atoms with Crippen LogP contribution in [-0.2, 0) is 0 Å². The summed E-state index contributed by atoms with van der Waals surface area (Å²) in [5, 5.41) is 15.2. The zero-order valence-electron chi connectivity index (χ0n) is 16.2. The molecule has 1 aliphatic carbocycles. The highest BCUT2D eigenvalue weighted by atomic mass is 16.3. The van der Waals surface area contributed by atoms with Crippen molar-refractivity contribution in [3.63, 3.8) is 0 Å². The Labute approximate surface area is 173 Å². The monoisotopic (exact) mass is 399 g/mol. The Hall–Kier alpha value is -3.71. The number of benzene rings is 2. The van der Waals surface area contributed by atoms with Crippen molar-refractivity contribution in [2.45, 2.75) is 25.0 Å². The molecule has 1 saturated carbocycles. The molecule has 1 aliphatic rings. The number of anilines is 1. The van der Waals surface area contributed by atoms with E-state index in [2.05, 4.69) is 5.10 Å². The number of amides is 1. The molecule has 150 valence electrons. The summed E-state index contributed by atoms with van der Waals surface area (Å²) in [5.41, 5.74) is 15.9. The Kier molecular flexibility index (Phi) is 4.25. The van der Waals surface area contributed by atoms with Crippen LogP contribution in [0, 0.1) is 0 Å². The number of aliphatic hydroxyl groups excluding tert-OH is 1. The second-order valence-corrected chi connectivity index (χ2v) is 7.67. The second kappa shape index (κ2) is 6.96. The van der Waals surface area contributed by atoms with Crippen LogP contribution in [0.15, 0.2) is 60.7 Å². The lowest BCUT2D eigenvalue weighted by Gasteiger charge is -2.32. The molecule has 1 amide bonds. The Bertz CT molecular complexity index is 1260. The van der Waals surface area contributed by atoms with Gasteiger partial charge >= 0.3 is 0 Å². The first-order chi connectivity index (χ1) is 14.5. The van der Waals surface area contributed by atoms with Gasteiger partial charge in [0, 0.05) is 16.5 Å². The summed E-state index contributed by atoms with van der Waals surface area (Å²) in [6, 6.07) is 19.7. The summed E-state index contributed by atoms with van der Waals surface area (Å²) in [4.78, 5) is 16.9. The van der Waals surface area contributed by atoms with E-state index in [0.29, 0.717) is 18.5 Å². The maximum absolute atomic E-state index is 12.1. The van der Waals surface area contributed by atoms with Gasteiger partial charge in [-0.2, -0.15) is 5.10 Å². The van der Waals surface area contributed by atoms with Crippen LogP contribution in [0.25, 0.3) is 33.4 Å². The van der Waals surface area contributed by atoms with Gasteiger partial charge in [0.15, 0.2) is 0 Å². The van der Waals surface area contributed by atoms with E-state index in [1.807, 2.05) is 60.7 Å². The lowest BCUT2D eigenvalue weighted by molar-refractivity contribution is 0.0445. The molecule has 0 bridgehead atoms. The quantitative estimate of drug-likeness (QED) is 0.487. The largest absolute Gasteiger partial charge is 0.393 e. The number of nitrogens with zero attached hydrogens (tertiary/aromatic N) is 3. The molecule has 0 spiro atoms. The number of primary amides is 1. The summed E-state index contributed by atoms with van der Waals surface area (Å²) in [6.07, 6.45) is 0.757. The number of carbonyl (C=O) groups is 1. The van der Waals surface area contributed by atoms with E-state index in [1.165, 1.54) is 0 Å². The van der Waals surface area contributed by atoms with Crippen molar-refractivity contribution in [3.8, 4) is 22.5 Å². The Balaban J connectivity index is 1.62. The predicted molar refractivity (Wildman–Crippen MR) is 116 cm³/mol. The van der Waals surface area contributed by atoms with Crippen LogP contribution in [0.3, 0.4) is 0 Å². The fraction of sp³-hybridized carbons (Fsp3) is 0.174. The van der Waals surface area contributed by atoms with Crippen molar-refractivity contribution in [3.05, 3.63) is 66.2 Å². The highest BCUT2D eigenvalue weighted by Gasteiger charge is 2.33. The molecule has 5 N–H and O–H groups in total. The average molecular weight is 399 g/mol. The number of nitrogen functional groups attached to an aromatic ring is 1. The molecule has 0 radical (unpaired) electrons. The van der Waals surface area contributed by atoms with E-state index in [9.17, 15) is 9.90 Å². The van der Waals surface area contributed by atoms with Crippen LogP contribution >= 0.6 is 0 Å². The van der Waals surface area contributed by atoms with Crippen LogP contribution in [-0.4, -0.2) is 31.9 Å². The predicted octanol–water partition coefficient (Wildman–Crippen LogP) is 3.14. The second-order valence-electron chi connectivity index (χ2n) is 7.67. The molecule has 0 unspecified atom stereocenters. The fourth-order valence-corrected chi connectivity index (χ4v) is 3.96. The summed E-state index contributed by atoms with van der Waals surface area (Å²) >= 11 is 0. The number of hydrogen-bond donors (Lipinski definition) is 3. The van der Waals surface area contributed by atoms with Gasteiger partial charge < -0.3 is 16.6 Å². The van der Waals surface area contributed by atoms with Crippen molar-refractivity contribution in [2.24, 2.45) is 5.73 Å². The van der Waals surface area contributed by atoms with Gasteiger partial charge in [-0.3, -0.25) is 4.79 Å². The topological polar surface area (TPSA) is 120 Å². The van der Waals surface area contributed by atoms with Crippen molar-refractivity contribution >= 4 is 22.6 Å². The van der Waals surface area contributed by atoms with E-state index in [1.54, 1.807) is 4.68 Å². The molecule has 30 heavy (non-hydrogen) atoms. The molecule has 5 rings (SSSR count). The van der Waals surface area contributed by atoms with E-state index in [4.69, 9.17) is 16.5 Å². The number of fused-ring (bicyclic) bond motifs is 1. The van der Waals surface area contributed by atoms with Gasteiger partial charge in [-0.15, -0.1) is 0 Å². The summed E-state index contributed by atoms with van der Waals surface area (Å²) in [6.45, 7) is 0. The molecule has 4 aromatic rings. The number of hydrogen-bond acceptors (Lipinski definition) is 5. The van der Waals surface area contributed by atoms with Gasteiger partial charge in [0.05, 0.1) is 23.4 Å². The molecule has 0 saturated heterocycles. The van der Waals surface area contributed by atoms with Crippen molar-refractivity contribution < 1.29 is 9.90 Å². The summed E-state index contributed by atoms with van der Waals surface area (Å²) < 4.78 is 1.61. The molecule has 2 aromatic carbocycles. The SMILES string of the molecule is NC(=O)c1c(-c2ccc3ccc(-c4ccccc4)nc3c2)nn([C@H]2C[C@@H](O)C2)c1N. The molecular formula is C23H21N5O2. The smallest absolute Gasteiger partial charge is 0.254 e. The first kappa shape index (κ1) is 18.3. The molecule has 1 fully saturated rings. The van der Waals surface area contributed by atoms with Crippen LogP contribution in [0.4, 0.5) is 5.82 Å². The van der Waals surface area contributed by atoms with Gasteiger partial charge in [0.1, 0.15) is 17.1 Å². The standard InChI is InChI=1S/C23H21N5O2/c24-22-20(23(25)30)21(27-28(22)16-11-17(29)12-16)15-7-6-14-8-9-18(26-19(14)10-15)13-4-2-1-3-5-13/h1-10,16-17,29H,11-12,24H2,(H2,25,30)/t16-,17+. The highest BCUT2D eigenvalue weighted by molar-refractivity contribution is 6.04. The lowest BCUT2D eigenvalue weighted by atomic mass is 9.90. The third-order valence-corrected chi connectivity index (χ3v) is 5.66.